The molecule has 2 rings (SSSR count). The van der Waals surface area contributed by atoms with Crippen LogP contribution < -0.4 is 10.6 Å². The Kier molecular flexibility index (Phi) is 4.55. The standard InChI is InChI=1S/C13H16ClFN2O/c14-7-13(18)17-12-8-16-6-5-11(12)9-1-3-10(15)4-2-9/h1-4,11-12,16H,5-8H2,(H,17,18). The lowest BCUT2D eigenvalue weighted by molar-refractivity contribution is -0.119. The second-order valence-electron chi connectivity index (χ2n) is 4.46. The van der Waals surface area contributed by atoms with Crippen LogP contribution in [-0.2, 0) is 4.79 Å². The third-order valence-electron chi connectivity index (χ3n) is 3.25. The first-order valence-corrected chi connectivity index (χ1v) is 6.55. The van der Waals surface area contributed by atoms with E-state index in [0.29, 0.717) is 6.54 Å². The fourth-order valence-corrected chi connectivity index (χ4v) is 2.44. The summed E-state index contributed by atoms with van der Waals surface area (Å²) in [6, 6.07) is 6.49. The molecule has 0 radical (unpaired) electrons. The van der Waals surface area contributed by atoms with E-state index in [-0.39, 0.29) is 29.6 Å². The highest BCUT2D eigenvalue weighted by Crippen LogP contribution is 2.25. The van der Waals surface area contributed by atoms with Gasteiger partial charge in [0.15, 0.2) is 0 Å². The minimum absolute atomic E-state index is 0.00969. The van der Waals surface area contributed by atoms with E-state index >= 15 is 0 Å². The van der Waals surface area contributed by atoms with Gasteiger partial charge in [-0.1, -0.05) is 12.1 Å². The average molecular weight is 271 g/mol. The Bertz CT molecular complexity index is 410. The first-order valence-electron chi connectivity index (χ1n) is 6.02. The molecule has 1 aliphatic rings. The lowest BCUT2D eigenvalue weighted by atomic mass is 9.86. The first-order chi connectivity index (χ1) is 8.70. The molecule has 0 bridgehead atoms. The molecule has 0 spiro atoms. The summed E-state index contributed by atoms with van der Waals surface area (Å²) in [7, 11) is 0. The topological polar surface area (TPSA) is 41.1 Å². The molecule has 0 saturated carbocycles. The highest BCUT2D eigenvalue weighted by Gasteiger charge is 2.27. The molecular formula is C13H16ClFN2O. The lowest BCUT2D eigenvalue weighted by Crippen LogP contribution is -2.50. The van der Waals surface area contributed by atoms with Crippen molar-refractivity contribution in [3.63, 3.8) is 0 Å². The van der Waals surface area contributed by atoms with Crippen molar-refractivity contribution in [2.75, 3.05) is 19.0 Å². The zero-order chi connectivity index (χ0) is 13.0. The van der Waals surface area contributed by atoms with Crippen molar-refractivity contribution in [1.82, 2.24) is 10.6 Å². The molecule has 1 aromatic rings. The van der Waals surface area contributed by atoms with E-state index in [4.69, 9.17) is 11.6 Å². The highest BCUT2D eigenvalue weighted by molar-refractivity contribution is 6.27. The molecule has 2 unspecified atom stereocenters. The molecule has 1 amide bonds. The molecule has 1 aliphatic heterocycles. The summed E-state index contributed by atoms with van der Waals surface area (Å²) in [5.74, 6) is -0.238. The molecule has 0 aromatic heterocycles. The second kappa shape index (κ2) is 6.16. The molecular weight excluding hydrogens is 255 g/mol. The Hall–Kier alpha value is -1.13. The normalized spacial score (nSPS) is 23.7. The third-order valence-corrected chi connectivity index (χ3v) is 3.49. The fourth-order valence-electron chi connectivity index (χ4n) is 2.36. The maximum absolute atomic E-state index is 12.9. The average Bonchev–Trinajstić information content (AvgIpc) is 2.40. The number of alkyl halides is 1. The van der Waals surface area contributed by atoms with Crippen molar-refractivity contribution in [3.05, 3.63) is 35.6 Å². The summed E-state index contributed by atoms with van der Waals surface area (Å²) in [4.78, 5) is 11.4. The molecule has 1 saturated heterocycles. The summed E-state index contributed by atoms with van der Waals surface area (Å²) in [5, 5.41) is 6.15. The number of hydrogen-bond donors (Lipinski definition) is 2. The maximum Gasteiger partial charge on any atom is 0.235 e. The number of hydrogen-bond acceptors (Lipinski definition) is 2. The number of benzene rings is 1. The van der Waals surface area contributed by atoms with Gasteiger partial charge in [-0.3, -0.25) is 4.79 Å². The summed E-state index contributed by atoms with van der Waals surface area (Å²) >= 11 is 5.50. The van der Waals surface area contributed by atoms with Gasteiger partial charge in [-0.25, -0.2) is 4.39 Å². The van der Waals surface area contributed by atoms with Gasteiger partial charge in [0.2, 0.25) is 5.91 Å². The minimum atomic E-state index is -0.242. The van der Waals surface area contributed by atoms with Crippen LogP contribution in [-0.4, -0.2) is 30.9 Å². The van der Waals surface area contributed by atoms with Gasteiger partial charge < -0.3 is 10.6 Å². The SMILES string of the molecule is O=C(CCl)NC1CNCCC1c1ccc(F)cc1. The van der Waals surface area contributed by atoms with Crippen LogP contribution in [0.3, 0.4) is 0 Å². The van der Waals surface area contributed by atoms with Crippen LogP contribution in [0.25, 0.3) is 0 Å². The van der Waals surface area contributed by atoms with Crippen LogP contribution in [0, 0.1) is 5.82 Å². The van der Waals surface area contributed by atoms with Gasteiger partial charge in [-0.2, -0.15) is 0 Å². The fraction of sp³-hybridized carbons (Fsp3) is 0.462. The lowest BCUT2D eigenvalue weighted by Gasteiger charge is -2.33. The Morgan fingerprint density at radius 3 is 2.83 bits per heavy atom. The summed E-state index contributed by atoms with van der Waals surface area (Å²) in [6.07, 6.45) is 0.916. The van der Waals surface area contributed by atoms with E-state index in [1.807, 2.05) is 0 Å². The van der Waals surface area contributed by atoms with Crippen LogP contribution in [0.15, 0.2) is 24.3 Å². The van der Waals surface area contributed by atoms with Gasteiger partial charge in [-0.05, 0) is 30.7 Å². The van der Waals surface area contributed by atoms with Gasteiger partial charge in [0, 0.05) is 18.5 Å². The van der Waals surface area contributed by atoms with Crippen molar-refractivity contribution >= 4 is 17.5 Å². The van der Waals surface area contributed by atoms with Crippen LogP contribution >= 0.6 is 11.6 Å². The van der Waals surface area contributed by atoms with Crippen molar-refractivity contribution < 1.29 is 9.18 Å². The first kappa shape index (κ1) is 13.3. The number of amides is 1. The van der Waals surface area contributed by atoms with E-state index in [0.717, 1.165) is 18.5 Å². The Morgan fingerprint density at radius 2 is 2.17 bits per heavy atom. The van der Waals surface area contributed by atoms with Gasteiger partial charge in [0.1, 0.15) is 11.7 Å². The Labute approximate surface area is 111 Å². The van der Waals surface area contributed by atoms with Crippen molar-refractivity contribution in [2.24, 2.45) is 0 Å². The molecule has 3 nitrogen and oxygen atoms in total. The van der Waals surface area contributed by atoms with E-state index in [2.05, 4.69) is 10.6 Å². The number of carbonyl (C=O) groups excluding carboxylic acids is 1. The number of carbonyl (C=O) groups is 1. The molecule has 18 heavy (non-hydrogen) atoms. The molecule has 1 aromatic carbocycles. The predicted octanol–water partition coefficient (Wildman–Crippen LogP) is 1.63. The minimum Gasteiger partial charge on any atom is -0.350 e. The van der Waals surface area contributed by atoms with Gasteiger partial charge in [-0.15, -0.1) is 11.6 Å². The number of halogens is 2. The molecule has 2 N–H and O–H groups in total. The van der Waals surface area contributed by atoms with Crippen molar-refractivity contribution in [1.29, 1.82) is 0 Å². The van der Waals surface area contributed by atoms with Crippen LogP contribution in [0.5, 0.6) is 0 Å². The molecule has 5 heteroatoms. The smallest absolute Gasteiger partial charge is 0.235 e. The quantitative estimate of drug-likeness (QED) is 0.820. The molecule has 1 heterocycles. The molecule has 1 fully saturated rings. The largest absolute Gasteiger partial charge is 0.350 e. The van der Waals surface area contributed by atoms with Gasteiger partial charge in [0.25, 0.3) is 0 Å². The Balaban J connectivity index is 2.12. The zero-order valence-corrected chi connectivity index (χ0v) is 10.7. The van der Waals surface area contributed by atoms with E-state index in [1.54, 1.807) is 12.1 Å². The molecule has 2 atom stereocenters. The van der Waals surface area contributed by atoms with Gasteiger partial charge in [0.05, 0.1) is 0 Å². The van der Waals surface area contributed by atoms with Crippen LogP contribution in [0.2, 0.25) is 0 Å². The maximum atomic E-state index is 12.9. The number of rotatable bonds is 3. The van der Waals surface area contributed by atoms with Crippen molar-refractivity contribution in [3.8, 4) is 0 Å². The predicted molar refractivity (Wildman–Crippen MR) is 69.3 cm³/mol. The third kappa shape index (κ3) is 3.21. The van der Waals surface area contributed by atoms with Crippen LogP contribution in [0.1, 0.15) is 17.9 Å². The molecule has 98 valence electrons. The number of nitrogens with one attached hydrogen (secondary N) is 2. The summed E-state index contributed by atoms with van der Waals surface area (Å²) in [5.41, 5.74) is 1.05. The van der Waals surface area contributed by atoms with E-state index in [9.17, 15) is 9.18 Å². The summed E-state index contributed by atoms with van der Waals surface area (Å²) < 4.78 is 12.9. The van der Waals surface area contributed by atoms with E-state index in [1.165, 1.54) is 12.1 Å². The van der Waals surface area contributed by atoms with Crippen molar-refractivity contribution in [2.45, 2.75) is 18.4 Å². The van der Waals surface area contributed by atoms with E-state index < -0.39 is 0 Å². The Morgan fingerprint density at radius 1 is 1.44 bits per heavy atom. The second-order valence-corrected chi connectivity index (χ2v) is 4.73. The molecule has 0 aliphatic carbocycles. The monoisotopic (exact) mass is 270 g/mol. The summed E-state index contributed by atoms with van der Waals surface area (Å²) in [6.45, 7) is 1.61. The number of piperidine rings is 1. The zero-order valence-electron chi connectivity index (χ0n) is 9.96. The van der Waals surface area contributed by atoms with Gasteiger partial charge >= 0.3 is 0 Å². The van der Waals surface area contributed by atoms with Crippen LogP contribution in [0.4, 0.5) is 4.39 Å². The highest BCUT2D eigenvalue weighted by atomic mass is 35.5.